The highest BCUT2D eigenvalue weighted by atomic mass is 16.2. The van der Waals surface area contributed by atoms with Gasteiger partial charge in [-0.2, -0.15) is 0 Å². The Morgan fingerprint density at radius 1 is 1.15 bits per heavy atom. The van der Waals surface area contributed by atoms with E-state index < -0.39 is 0 Å². The van der Waals surface area contributed by atoms with Gasteiger partial charge in [0, 0.05) is 20.0 Å². The van der Waals surface area contributed by atoms with Gasteiger partial charge in [-0.3, -0.25) is 19.3 Å². The molecule has 2 aliphatic rings. The van der Waals surface area contributed by atoms with Crippen molar-refractivity contribution in [2.75, 3.05) is 13.1 Å². The number of carbonyl (C=O) groups excluding carboxylic acids is 3. The Labute approximate surface area is 117 Å². The predicted molar refractivity (Wildman–Crippen MR) is 72.2 cm³/mol. The molecule has 2 aliphatic heterocycles. The number of piperidine rings is 1. The van der Waals surface area contributed by atoms with Crippen LogP contribution in [0.25, 0.3) is 0 Å². The van der Waals surface area contributed by atoms with Crippen LogP contribution in [0.5, 0.6) is 0 Å². The van der Waals surface area contributed by atoms with Gasteiger partial charge in [-0.05, 0) is 25.0 Å². The maximum absolute atomic E-state index is 12.4. The van der Waals surface area contributed by atoms with Gasteiger partial charge in [0.25, 0.3) is 11.8 Å². The van der Waals surface area contributed by atoms with Gasteiger partial charge in [0.05, 0.1) is 17.2 Å². The Balaban J connectivity index is 1.87. The van der Waals surface area contributed by atoms with Crippen LogP contribution in [0.3, 0.4) is 0 Å². The molecule has 1 fully saturated rings. The van der Waals surface area contributed by atoms with E-state index in [1.165, 1.54) is 11.8 Å². The molecule has 0 bridgehead atoms. The molecule has 0 spiro atoms. The molecule has 1 aromatic carbocycles. The van der Waals surface area contributed by atoms with Crippen molar-refractivity contribution in [1.29, 1.82) is 0 Å². The van der Waals surface area contributed by atoms with E-state index in [1.54, 1.807) is 29.2 Å². The Morgan fingerprint density at radius 3 is 2.30 bits per heavy atom. The lowest BCUT2D eigenvalue weighted by molar-refractivity contribution is -0.130. The first-order chi connectivity index (χ1) is 9.59. The van der Waals surface area contributed by atoms with Crippen LogP contribution < -0.4 is 0 Å². The molecule has 104 valence electrons. The highest BCUT2D eigenvalue weighted by Crippen LogP contribution is 2.27. The molecule has 1 aromatic rings. The summed E-state index contributed by atoms with van der Waals surface area (Å²) in [6.45, 7) is 2.67. The van der Waals surface area contributed by atoms with Gasteiger partial charge in [-0.15, -0.1) is 0 Å². The minimum Gasteiger partial charge on any atom is -0.341 e. The molecule has 2 heterocycles. The van der Waals surface area contributed by atoms with Gasteiger partial charge < -0.3 is 4.90 Å². The number of fused-ring (bicyclic) bond motifs is 1. The van der Waals surface area contributed by atoms with Gasteiger partial charge in [-0.1, -0.05) is 12.1 Å². The highest BCUT2D eigenvalue weighted by Gasteiger charge is 2.41. The smallest absolute Gasteiger partial charge is 0.261 e. The SMILES string of the molecule is CC(=O)N1CCCC(N2C(=O)c3ccccc3C2=O)C1. The van der Waals surface area contributed by atoms with Gasteiger partial charge in [0.15, 0.2) is 0 Å². The zero-order chi connectivity index (χ0) is 14.3. The van der Waals surface area contributed by atoms with Crippen molar-refractivity contribution in [3.8, 4) is 0 Å². The Kier molecular flexibility index (Phi) is 3.04. The van der Waals surface area contributed by atoms with Crippen LogP contribution in [0, 0.1) is 0 Å². The number of hydrogen-bond donors (Lipinski definition) is 0. The van der Waals surface area contributed by atoms with Crippen LogP contribution in [-0.2, 0) is 4.79 Å². The van der Waals surface area contributed by atoms with Crippen LogP contribution in [0.15, 0.2) is 24.3 Å². The lowest BCUT2D eigenvalue weighted by Crippen LogP contribution is -2.51. The number of rotatable bonds is 1. The minimum atomic E-state index is -0.235. The fourth-order valence-corrected chi connectivity index (χ4v) is 2.99. The first-order valence-corrected chi connectivity index (χ1v) is 6.82. The minimum absolute atomic E-state index is 0.00805. The summed E-state index contributed by atoms with van der Waals surface area (Å²) in [5, 5.41) is 0. The number of amides is 3. The van der Waals surface area contributed by atoms with Gasteiger partial charge in [0.1, 0.15) is 0 Å². The quantitative estimate of drug-likeness (QED) is 0.724. The average Bonchev–Trinajstić information content (AvgIpc) is 2.72. The molecule has 5 heteroatoms. The molecule has 20 heavy (non-hydrogen) atoms. The molecule has 0 N–H and O–H groups in total. The Bertz CT molecular complexity index is 562. The first-order valence-electron chi connectivity index (χ1n) is 6.82. The molecule has 1 atom stereocenters. The van der Waals surface area contributed by atoms with E-state index in [2.05, 4.69) is 0 Å². The normalized spacial score (nSPS) is 22.1. The molecule has 5 nitrogen and oxygen atoms in total. The summed E-state index contributed by atoms with van der Waals surface area (Å²) in [5.41, 5.74) is 0.940. The molecule has 0 radical (unpaired) electrons. The third-order valence-electron chi connectivity index (χ3n) is 4.03. The number of carbonyl (C=O) groups is 3. The molecule has 1 saturated heterocycles. The molecule has 3 amide bonds. The number of nitrogens with zero attached hydrogens (tertiary/aromatic N) is 2. The van der Waals surface area contributed by atoms with E-state index in [0.29, 0.717) is 24.2 Å². The second-order valence-corrected chi connectivity index (χ2v) is 5.29. The molecule has 0 aliphatic carbocycles. The summed E-state index contributed by atoms with van der Waals surface area (Å²) in [6, 6.07) is 6.68. The van der Waals surface area contributed by atoms with Crippen molar-refractivity contribution in [1.82, 2.24) is 9.80 Å². The van der Waals surface area contributed by atoms with E-state index in [9.17, 15) is 14.4 Å². The molecule has 0 aromatic heterocycles. The third-order valence-corrected chi connectivity index (χ3v) is 4.03. The van der Waals surface area contributed by atoms with Crippen molar-refractivity contribution >= 4 is 17.7 Å². The van der Waals surface area contributed by atoms with E-state index in [1.807, 2.05) is 0 Å². The number of hydrogen-bond acceptors (Lipinski definition) is 3. The summed E-state index contributed by atoms with van der Waals surface area (Å²) in [6.07, 6.45) is 1.58. The lowest BCUT2D eigenvalue weighted by atomic mass is 10.0. The van der Waals surface area contributed by atoms with E-state index >= 15 is 0 Å². The maximum Gasteiger partial charge on any atom is 0.261 e. The zero-order valence-electron chi connectivity index (χ0n) is 11.3. The topological polar surface area (TPSA) is 57.7 Å². The van der Waals surface area contributed by atoms with E-state index in [0.717, 1.165) is 12.8 Å². The number of imide groups is 1. The van der Waals surface area contributed by atoms with Crippen LogP contribution >= 0.6 is 0 Å². The Hall–Kier alpha value is -2.17. The maximum atomic E-state index is 12.4. The fourth-order valence-electron chi connectivity index (χ4n) is 2.99. The van der Waals surface area contributed by atoms with Crippen molar-refractivity contribution in [3.63, 3.8) is 0 Å². The fraction of sp³-hybridized carbons (Fsp3) is 0.400. The molecular formula is C15H16N2O3. The number of likely N-dealkylation sites (tertiary alicyclic amines) is 1. The molecule has 1 unspecified atom stereocenters. The molecule has 0 saturated carbocycles. The molecular weight excluding hydrogens is 256 g/mol. The Morgan fingerprint density at radius 2 is 1.75 bits per heavy atom. The monoisotopic (exact) mass is 272 g/mol. The largest absolute Gasteiger partial charge is 0.341 e. The van der Waals surface area contributed by atoms with Gasteiger partial charge in [-0.25, -0.2) is 0 Å². The highest BCUT2D eigenvalue weighted by molar-refractivity contribution is 6.21. The van der Waals surface area contributed by atoms with Gasteiger partial charge >= 0.3 is 0 Å². The van der Waals surface area contributed by atoms with E-state index in [4.69, 9.17) is 0 Å². The van der Waals surface area contributed by atoms with Crippen molar-refractivity contribution in [2.45, 2.75) is 25.8 Å². The summed E-state index contributed by atoms with van der Waals surface area (Å²) < 4.78 is 0. The third kappa shape index (κ3) is 1.90. The first kappa shape index (κ1) is 12.8. The standard InChI is InChI=1S/C15H16N2O3/c1-10(18)16-8-4-5-11(9-16)17-14(19)12-6-2-3-7-13(12)15(17)20/h2-3,6-7,11H,4-5,8-9H2,1H3. The van der Waals surface area contributed by atoms with Gasteiger partial charge in [0.2, 0.25) is 5.91 Å². The predicted octanol–water partition coefficient (Wildman–Crippen LogP) is 1.29. The van der Waals surface area contributed by atoms with Crippen molar-refractivity contribution < 1.29 is 14.4 Å². The summed E-state index contributed by atoms with van der Waals surface area (Å²) in [7, 11) is 0. The van der Waals surface area contributed by atoms with Crippen LogP contribution in [0.4, 0.5) is 0 Å². The number of benzene rings is 1. The second-order valence-electron chi connectivity index (χ2n) is 5.29. The van der Waals surface area contributed by atoms with Crippen molar-refractivity contribution in [2.24, 2.45) is 0 Å². The average molecular weight is 272 g/mol. The lowest BCUT2D eigenvalue weighted by Gasteiger charge is -2.36. The summed E-state index contributed by atoms with van der Waals surface area (Å²) >= 11 is 0. The zero-order valence-corrected chi connectivity index (χ0v) is 11.3. The molecule has 3 rings (SSSR count). The summed E-state index contributed by atoms with van der Waals surface area (Å²) in [5.74, 6) is -0.478. The van der Waals surface area contributed by atoms with Crippen molar-refractivity contribution in [3.05, 3.63) is 35.4 Å². The van der Waals surface area contributed by atoms with Crippen LogP contribution in [-0.4, -0.2) is 46.7 Å². The van der Waals surface area contributed by atoms with Crippen LogP contribution in [0.1, 0.15) is 40.5 Å². The van der Waals surface area contributed by atoms with E-state index in [-0.39, 0.29) is 23.8 Å². The second kappa shape index (κ2) is 4.74. The summed E-state index contributed by atoms with van der Waals surface area (Å²) in [4.78, 5) is 39.3. The van der Waals surface area contributed by atoms with Crippen LogP contribution in [0.2, 0.25) is 0 Å².